The van der Waals surface area contributed by atoms with E-state index in [0.717, 1.165) is 33.5 Å². The van der Waals surface area contributed by atoms with Gasteiger partial charge in [0.2, 0.25) is 0 Å². The third kappa shape index (κ3) is 5.90. The number of para-hydroxylation sites is 1. The standard InChI is InChI=1S/C63H43N3/c1-5-19-42(20-6-1)62-64-58(44-34-35-52-51-29-15-17-31-56(51)63(57(52)39-44,45-21-7-2-8-22-45)46-23-9-3-10-24-46)41-59(65-62)53-38-37-48(49-27-13-14-28-50(49)53)43-33-36-55-54-30-16-18-32-60(54)66(61(55)40-43)47-25-11-4-12-26-47/h1-41,54,60H. The van der Waals surface area contributed by atoms with E-state index in [2.05, 4.69) is 248 Å². The van der Waals surface area contributed by atoms with Gasteiger partial charge in [-0.3, -0.25) is 0 Å². The molecular formula is C63H43N3. The van der Waals surface area contributed by atoms with Gasteiger partial charge < -0.3 is 4.90 Å². The first kappa shape index (κ1) is 38.1. The summed E-state index contributed by atoms with van der Waals surface area (Å²) in [7, 11) is 0. The van der Waals surface area contributed by atoms with Crippen molar-refractivity contribution in [3.05, 3.63) is 277 Å². The molecule has 9 aromatic carbocycles. The summed E-state index contributed by atoms with van der Waals surface area (Å²) in [5.74, 6) is 1.000. The van der Waals surface area contributed by atoms with Gasteiger partial charge in [-0.15, -0.1) is 0 Å². The van der Waals surface area contributed by atoms with Crippen LogP contribution in [0, 0.1) is 0 Å². The molecule has 0 saturated heterocycles. The smallest absolute Gasteiger partial charge is 0.160 e. The van der Waals surface area contributed by atoms with Crippen LogP contribution in [0.4, 0.5) is 11.4 Å². The summed E-state index contributed by atoms with van der Waals surface area (Å²) in [4.78, 5) is 13.3. The molecule has 0 spiro atoms. The van der Waals surface area contributed by atoms with Gasteiger partial charge in [-0.05, 0) is 91.2 Å². The summed E-state index contributed by atoms with van der Waals surface area (Å²) in [6.07, 6.45) is 9.06. The highest BCUT2D eigenvalue weighted by Gasteiger charge is 2.46. The maximum atomic E-state index is 5.38. The van der Waals surface area contributed by atoms with Crippen molar-refractivity contribution >= 4 is 22.1 Å². The fourth-order valence-electron chi connectivity index (χ4n) is 11.2. The average molecular weight is 842 g/mol. The number of hydrogen-bond donors (Lipinski definition) is 0. The van der Waals surface area contributed by atoms with Crippen molar-refractivity contribution in [3.8, 4) is 56.2 Å². The quantitative estimate of drug-likeness (QED) is 0.160. The zero-order valence-corrected chi connectivity index (χ0v) is 36.2. The van der Waals surface area contributed by atoms with Crippen LogP contribution in [0.3, 0.4) is 0 Å². The predicted octanol–water partition coefficient (Wildman–Crippen LogP) is 15.4. The van der Waals surface area contributed by atoms with Gasteiger partial charge in [0.25, 0.3) is 0 Å². The Kier molecular flexibility index (Phi) is 8.89. The molecule has 2 heterocycles. The van der Waals surface area contributed by atoms with Crippen molar-refractivity contribution in [2.45, 2.75) is 17.4 Å². The zero-order valence-electron chi connectivity index (χ0n) is 36.2. The summed E-state index contributed by atoms with van der Waals surface area (Å²) in [5.41, 5.74) is 18.1. The van der Waals surface area contributed by atoms with Crippen LogP contribution in [0.25, 0.3) is 66.9 Å². The van der Waals surface area contributed by atoms with Crippen LogP contribution in [0.2, 0.25) is 0 Å². The summed E-state index contributed by atoms with van der Waals surface area (Å²) in [5, 5.41) is 2.33. The third-order valence-corrected chi connectivity index (χ3v) is 14.1. The monoisotopic (exact) mass is 841 g/mol. The Labute approximate surface area is 385 Å². The molecule has 0 bridgehead atoms. The molecule has 3 aliphatic rings. The highest BCUT2D eigenvalue weighted by Crippen LogP contribution is 2.57. The lowest BCUT2D eigenvalue weighted by Gasteiger charge is -2.34. The highest BCUT2D eigenvalue weighted by molar-refractivity contribution is 6.05. The normalized spacial score (nSPS) is 16.2. The van der Waals surface area contributed by atoms with E-state index < -0.39 is 5.41 Å². The molecule has 0 N–H and O–H groups in total. The Hall–Kier alpha value is -8.40. The van der Waals surface area contributed by atoms with Crippen molar-refractivity contribution in [2.24, 2.45) is 0 Å². The van der Waals surface area contributed by atoms with Crippen LogP contribution >= 0.6 is 0 Å². The average Bonchev–Trinajstić information content (AvgIpc) is 3.89. The molecule has 0 radical (unpaired) electrons. The van der Waals surface area contributed by atoms with Crippen molar-refractivity contribution in [1.82, 2.24) is 9.97 Å². The molecule has 0 amide bonds. The van der Waals surface area contributed by atoms with Crippen molar-refractivity contribution < 1.29 is 0 Å². The topological polar surface area (TPSA) is 29.0 Å². The Morgan fingerprint density at radius 3 is 1.73 bits per heavy atom. The van der Waals surface area contributed by atoms with E-state index in [9.17, 15) is 0 Å². The molecule has 2 aliphatic carbocycles. The number of rotatable bonds is 7. The Morgan fingerprint density at radius 2 is 0.970 bits per heavy atom. The van der Waals surface area contributed by atoms with E-state index in [0.29, 0.717) is 11.7 Å². The van der Waals surface area contributed by atoms with Gasteiger partial charge in [-0.25, -0.2) is 9.97 Å². The van der Waals surface area contributed by atoms with Gasteiger partial charge >= 0.3 is 0 Å². The molecule has 3 heteroatoms. The molecule has 310 valence electrons. The summed E-state index contributed by atoms with van der Waals surface area (Å²) < 4.78 is 0. The lowest BCUT2D eigenvalue weighted by Crippen LogP contribution is -2.28. The largest absolute Gasteiger partial charge is 0.333 e. The first-order chi connectivity index (χ1) is 32.7. The summed E-state index contributed by atoms with van der Waals surface area (Å²) in [6, 6.07) is 81.9. The molecule has 0 fully saturated rings. The molecule has 2 unspecified atom stereocenters. The van der Waals surface area contributed by atoms with Crippen LogP contribution in [0.15, 0.2) is 249 Å². The summed E-state index contributed by atoms with van der Waals surface area (Å²) >= 11 is 0. The second-order valence-electron chi connectivity index (χ2n) is 17.6. The fraction of sp³-hybridized carbons (Fsp3) is 0.0476. The number of aromatic nitrogens is 2. The summed E-state index contributed by atoms with van der Waals surface area (Å²) in [6.45, 7) is 0. The molecule has 13 rings (SSSR count). The third-order valence-electron chi connectivity index (χ3n) is 14.1. The van der Waals surface area contributed by atoms with E-state index in [1.54, 1.807) is 0 Å². The Balaban J connectivity index is 0.982. The van der Waals surface area contributed by atoms with E-state index in [1.807, 2.05) is 6.07 Å². The number of anilines is 2. The second-order valence-corrected chi connectivity index (χ2v) is 17.6. The lowest BCUT2D eigenvalue weighted by atomic mass is 9.67. The van der Waals surface area contributed by atoms with Crippen LogP contribution in [-0.2, 0) is 5.41 Å². The minimum Gasteiger partial charge on any atom is -0.333 e. The van der Waals surface area contributed by atoms with Gasteiger partial charge in [0.05, 0.1) is 22.8 Å². The second kappa shape index (κ2) is 15.4. The number of fused-ring (bicyclic) bond motifs is 7. The van der Waals surface area contributed by atoms with Gasteiger partial charge in [0.1, 0.15) is 0 Å². The van der Waals surface area contributed by atoms with Crippen LogP contribution in [-0.4, -0.2) is 16.0 Å². The Bertz CT molecular complexity index is 3500. The molecule has 1 aliphatic heterocycles. The molecule has 1 aromatic heterocycles. The molecule has 2 atom stereocenters. The number of benzene rings is 9. The molecule has 10 aromatic rings. The maximum Gasteiger partial charge on any atom is 0.160 e. The molecule has 66 heavy (non-hydrogen) atoms. The van der Waals surface area contributed by atoms with Crippen LogP contribution in [0.5, 0.6) is 0 Å². The van der Waals surface area contributed by atoms with E-state index >= 15 is 0 Å². The van der Waals surface area contributed by atoms with Gasteiger partial charge in [-0.2, -0.15) is 0 Å². The molecular weight excluding hydrogens is 799 g/mol. The fourth-order valence-corrected chi connectivity index (χ4v) is 11.2. The van der Waals surface area contributed by atoms with E-state index in [1.165, 1.54) is 66.8 Å². The van der Waals surface area contributed by atoms with Crippen molar-refractivity contribution in [3.63, 3.8) is 0 Å². The first-order valence-corrected chi connectivity index (χ1v) is 22.9. The first-order valence-electron chi connectivity index (χ1n) is 22.9. The number of nitrogens with zero attached hydrogens (tertiary/aromatic N) is 3. The highest BCUT2D eigenvalue weighted by atomic mass is 15.2. The van der Waals surface area contributed by atoms with Crippen LogP contribution < -0.4 is 4.90 Å². The maximum absolute atomic E-state index is 5.38. The van der Waals surface area contributed by atoms with Gasteiger partial charge in [0.15, 0.2) is 5.82 Å². The van der Waals surface area contributed by atoms with Crippen LogP contribution in [0.1, 0.15) is 33.7 Å². The minimum atomic E-state index is -0.518. The minimum absolute atomic E-state index is 0.238. The SMILES string of the molecule is C1=CC2c3ccc(-c4ccc(-c5cc(-c6ccc7c(c6)C(c6ccccc6)(c6ccccc6)c6ccccc6-7)nc(-c6ccccc6)n5)c5ccccc45)cc3N(c3ccccc3)C2C=C1. The lowest BCUT2D eigenvalue weighted by molar-refractivity contribution is 0.745. The van der Waals surface area contributed by atoms with E-state index in [4.69, 9.17) is 9.97 Å². The number of allylic oxidation sites excluding steroid dienone is 2. The van der Waals surface area contributed by atoms with Gasteiger partial charge in [-0.1, -0.05) is 218 Å². The van der Waals surface area contributed by atoms with E-state index in [-0.39, 0.29) is 6.04 Å². The number of hydrogen-bond acceptors (Lipinski definition) is 3. The zero-order chi connectivity index (χ0) is 43.6. The molecule has 3 nitrogen and oxygen atoms in total. The van der Waals surface area contributed by atoms with Gasteiger partial charge in [0, 0.05) is 34.0 Å². The Morgan fingerprint density at radius 1 is 0.394 bits per heavy atom. The van der Waals surface area contributed by atoms with Crippen molar-refractivity contribution in [2.75, 3.05) is 4.90 Å². The molecule has 0 saturated carbocycles. The van der Waals surface area contributed by atoms with Crippen molar-refractivity contribution in [1.29, 1.82) is 0 Å². The predicted molar refractivity (Wildman–Crippen MR) is 272 cm³/mol.